The van der Waals surface area contributed by atoms with E-state index in [1.807, 2.05) is 6.92 Å². The molecule has 1 atom stereocenters. The van der Waals surface area contributed by atoms with Gasteiger partial charge in [0, 0.05) is 17.5 Å². The fraction of sp³-hybridized carbons (Fsp3) is 0.583. The third-order valence-electron chi connectivity index (χ3n) is 2.73. The summed E-state index contributed by atoms with van der Waals surface area (Å²) < 4.78 is 0. The number of carboxylic acids is 1. The second kappa shape index (κ2) is 6.66. The van der Waals surface area contributed by atoms with E-state index in [0.29, 0.717) is 0 Å². The van der Waals surface area contributed by atoms with Gasteiger partial charge in [0.2, 0.25) is 0 Å². The molecule has 0 aliphatic heterocycles. The molecule has 1 heterocycles. The van der Waals surface area contributed by atoms with Crippen LogP contribution in [-0.4, -0.2) is 35.1 Å². The monoisotopic (exact) mass is 241 g/mol. The maximum Gasteiger partial charge on any atom is 0.304 e. The Kier molecular flexibility index (Phi) is 5.49. The molecule has 1 rings (SSSR count). The van der Waals surface area contributed by atoms with Gasteiger partial charge in [0.15, 0.2) is 0 Å². The molecule has 0 aromatic carbocycles. The van der Waals surface area contributed by atoms with Gasteiger partial charge in [0.05, 0.1) is 6.42 Å². The van der Waals surface area contributed by atoms with Crippen LogP contribution in [-0.2, 0) is 11.2 Å². The molecule has 1 unspecified atom stereocenters. The van der Waals surface area contributed by atoms with E-state index in [1.165, 1.54) is 4.88 Å². The standard InChI is InChI=1S/C12H19NO2S/c1-3-13(10(2)9-12(14)15)7-6-11-5-4-8-16-11/h4-5,8,10H,3,6-7,9H2,1-2H3,(H,14,15). The van der Waals surface area contributed by atoms with Crippen molar-refractivity contribution in [2.24, 2.45) is 0 Å². The van der Waals surface area contributed by atoms with Crippen molar-refractivity contribution in [1.82, 2.24) is 4.90 Å². The largest absolute Gasteiger partial charge is 0.481 e. The van der Waals surface area contributed by atoms with E-state index in [0.717, 1.165) is 19.5 Å². The fourth-order valence-electron chi connectivity index (χ4n) is 1.78. The lowest BCUT2D eigenvalue weighted by Gasteiger charge is -2.26. The van der Waals surface area contributed by atoms with E-state index >= 15 is 0 Å². The van der Waals surface area contributed by atoms with E-state index in [1.54, 1.807) is 11.3 Å². The van der Waals surface area contributed by atoms with Crippen molar-refractivity contribution in [1.29, 1.82) is 0 Å². The molecule has 0 radical (unpaired) electrons. The highest BCUT2D eigenvalue weighted by atomic mass is 32.1. The summed E-state index contributed by atoms with van der Waals surface area (Å²) in [5.74, 6) is -0.720. The zero-order chi connectivity index (χ0) is 12.0. The summed E-state index contributed by atoms with van der Waals surface area (Å²) in [7, 11) is 0. The van der Waals surface area contributed by atoms with Crippen molar-refractivity contribution in [3.05, 3.63) is 22.4 Å². The minimum atomic E-state index is -0.720. The Balaban J connectivity index is 2.39. The molecule has 3 nitrogen and oxygen atoms in total. The first-order valence-corrected chi connectivity index (χ1v) is 6.49. The van der Waals surface area contributed by atoms with E-state index in [2.05, 4.69) is 29.3 Å². The van der Waals surface area contributed by atoms with Gasteiger partial charge in [-0.2, -0.15) is 0 Å². The molecule has 0 aliphatic carbocycles. The van der Waals surface area contributed by atoms with Crippen molar-refractivity contribution in [2.75, 3.05) is 13.1 Å². The quantitative estimate of drug-likeness (QED) is 0.797. The van der Waals surface area contributed by atoms with E-state index < -0.39 is 5.97 Å². The summed E-state index contributed by atoms with van der Waals surface area (Å²) in [5, 5.41) is 10.8. The molecule has 1 N–H and O–H groups in total. The molecular weight excluding hydrogens is 222 g/mol. The number of hydrogen-bond acceptors (Lipinski definition) is 3. The number of rotatable bonds is 7. The molecule has 0 fully saturated rings. The third-order valence-corrected chi connectivity index (χ3v) is 3.66. The van der Waals surface area contributed by atoms with Crippen LogP contribution in [0.1, 0.15) is 25.1 Å². The van der Waals surface area contributed by atoms with Gasteiger partial charge < -0.3 is 5.11 Å². The van der Waals surface area contributed by atoms with E-state index in [9.17, 15) is 4.79 Å². The van der Waals surface area contributed by atoms with Gasteiger partial charge >= 0.3 is 5.97 Å². The maximum atomic E-state index is 10.6. The molecule has 1 aromatic rings. The number of aliphatic carboxylic acids is 1. The van der Waals surface area contributed by atoms with Gasteiger partial charge in [-0.05, 0) is 31.3 Å². The van der Waals surface area contributed by atoms with Crippen LogP contribution >= 0.6 is 11.3 Å². The van der Waals surface area contributed by atoms with Gasteiger partial charge in [-0.25, -0.2) is 0 Å². The van der Waals surface area contributed by atoms with Crippen molar-refractivity contribution in [2.45, 2.75) is 32.7 Å². The lowest BCUT2D eigenvalue weighted by Crippen LogP contribution is -2.36. The van der Waals surface area contributed by atoms with Crippen LogP contribution in [0, 0.1) is 0 Å². The highest BCUT2D eigenvalue weighted by Gasteiger charge is 2.15. The third kappa shape index (κ3) is 4.33. The Morgan fingerprint density at radius 2 is 2.38 bits per heavy atom. The average Bonchev–Trinajstić information content (AvgIpc) is 2.70. The predicted molar refractivity (Wildman–Crippen MR) is 67.0 cm³/mol. The number of carbonyl (C=O) groups is 1. The Labute approximate surface area is 101 Å². The Morgan fingerprint density at radius 3 is 2.88 bits per heavy atom. The molecule has 0 amide bonds. The zero-order valence-corrected chi connectivity index (χ0v) is 10.7. The summed E-state index contributed by atoms with van der Waals surface area (Å²) >= 11 is 1.76. The molecular formula is C12H19NO2S. The van der Waals surface area contributed by atoms with Crippen molar-refractivity contribution in [3.8, 4) is 0 Å². The summed E-state index contributed by atoms with van der Waals surface area (Å²) in [6.45, 7) is 5.89. The van der Waals surface area contributed by atoms with E-state index in [-0.39, 0.29) is 12.5 Å². The molecule has 0 aliphatic rings. The first-order valence-electron chi connectivity index (χ1n) is 5.61. The second-order valence-electron chi connectivity index (χ2n) is 3.90. The van der Waals surface area contributed by atoms with Crippen LogP contribution in [0.4, 0.5) is 0 Å². The minimum absolute atomic E-state index is 0.113. The molecule has 0 saturated heterocycles. The van der Waals surface area contributed by atoms with Crippen molar-refractivity contribution < 1.29 is 9.90 Å². The smallest absolute Gasteiger partial charge is 0.304 e. The SMILES string of the molecule is CCN(CCc1cccs1)C(C)CC(=O)O. The van der Waals surface area contributed by atoms with Crippen LogP contribution in [0.2, 0.25) is 0 Å². The normalized spacial score (nSPS) is 12.9. The number of hydrogen-bond donors (Lipinski definition) is 1. The van der Waals surface area contributed by atoms with E-state index in [4.69, 9.17) is 5.11 Å². The summed E-state index contributed by atoms with van der Waals surface area (Å²) in [5.41, 5.74) is 0. The van der Waals surface area contributed by atoms with Crippen LogP contribution < -0.4 is 0 Å². The first-order chi connectivity index (χ1) is 7.63. The van der Waals surface area contributed by atoms with Crippen LogP contribution in [0.3, 0.4) is 0 Å². The van der Waals surface area contributed by atoms with Gasteiger partial charge in [0.1, 0.15) is 0 Å². The fourth-order valence-corrected chi connectivity index (χ4v) is 2.48. The summed E-state index contributed by atoms with van der Waals surface area (Å²) in [6, 6.07) is 4.29. The van der Waals surface area contributed by atoms with Gasteiger partial charge in [-0.3, -0.25) is 9.69 Å². The van der Waals surface area contributed by atoms with Crippen molar-refractivity contribution in [3.63, 3.8) is 0 Å². The number of thiophene rings is 1. The molecule has 4 heteroatoms. The summed E-state index contributed by atoms with van der Waals surface area (Å²) in [4.78, 5) is 14.2. The molecule has 0 spiro atoms. The first kappa shape index (κ1) is 13.2. The molecule has 0 saturated carbocycles. The van der Waals surface area contributed by atoms with Crippen molar-refractivity contribution >= 4 is 17.3 Å². The van der Waals surface area contributed by atoms with Crippen LogP contribution in [0.25, 0.3) is 0 Å². The number of nitrogens with zero attached hydrogens (tertiary/aromatic N) is 1. The highest BCUT2D eigenvalue weighted by Crippen LogP contribution is 2.11. The Bertz CT molecular complexity index is 311. The Morgan fingerprint density at radius 1 is 1.62 bits per heavy atom. The van der Waals surface area contributed by atoms with Crippen LogP contribution in [0.5, 0.6) is 0 Å². The average molecular weight is 241 g/mol. The van der Waals surface area contributed by atoms with Crippen LogP contribution in [0.15, 0.2) is 17.5 Å². The molecule has 90 valence electrons. The molecule has 1 aromatic heterocycles. The van der Waals surface area contributed by atoms with Gasteiger partial charge in [-0.15, -0.1) is 11.3 Å². The molecule has 0 bridgehead atoms. The number of carboxylic acid groups (broad SMARTS) is 1. The topological polar surface area (TPSA) is 40.5 Å². The lowest BCUT2D eigenvalue weighted by atomic mass is 10.2. The second-order valence-corrected chi connectivity index (χ2v) is 4.94. The highest BCUT2D eigenvalue weighted by molar-refractivity contribution is 7.09. The van der Waals surface area contributed by atoms with Gasteiger partial charge in [0.25, 0.3) is 0 Å². The summed E-state index contributed by atoms with van der Waals surface area (Å²) in [6.07, 6.45) is 1.23. The Hall–Kier alpha value is -0.870. The molecule has 16 heavy (non-hydrogen) atoms. The lowest BCUT2D eigenvalue weighted by molar-refractivity contribution is -0.138. The maximum absolute atomic E-state index is 10.6. The van der Waals surface area contributed by atoms with Gasteiger partial charge in [-0.1, -0.05) is 13.0 Å². The minimum Gasteiger partial charge on any atom is -0.481 e. The predicted octanol–water partition coefficient (Wildman–Crippen LogP) is 2.48. The zero-order valence-electron chi connectivity index (χ0n) is 9.85. The number of likely N-dealkylation sites (N-methyl/N-ethyl adjacent to an activating group) is 1.